The van der Waals surface area contributed by atoms with Gasteiger partial charge in [0.05, 0.1) is 5.75 Å². The van der Waals surface area contributed by atoms with Gasteiger partial charge in [0, 0.05) is 30.5 Å². The van der Waals surface area contributed by atoms with Crippen LogP contribution in [0.3, 0.4) is 0 Å². The molecule has 1 saturated carbocycles. The lowest BCUT2D eigenvalue weighted by atomic mass is 9.85. The molecule has 0 aromatic carbocycles. The molecule has 3 heterocycles. The van der Waals surface area contributed by atoms with Gasteiger partial charge in [-0.3, -0.25) is 4.79 Å². The third kappa shape index (κ3) is 5.06. The fraction of sp³-hybridized carbons (Fsp3) is 0.526. The van der Waals surface area contributed by atoms with E-state index < -0.39 is 0 Å². The van der Waals surface area contributed by atoms with Crippen LogP contribution in [0.4, 0.5) is 0 Å². The number of rotatable bonds is 7. The maximum absolute atomic E-state index is 12.5. The number of furan rings is 1. The van der Waals surface area contributed by atoms with Crippen LogP contribution in [-0.4, -0.2) is 45.5 Å². The Morgan fingerprint density at radius 3 is 2.67 bits per heavy atom. The lowest BCUT2D eigenvalue weighted by Crippen LogP contribution is -2.59. The molecule has 2 fully saturated rings. The van der Waals surface area contributed by atoms with Gasteiger partial charge in [0.1, 0.15) is 5.76 Å². The standard InChI is InChI=1S/C19H24N4O2S2/c24-18(23-16-4-3-15(16)22-13-6-10-26-11-7-13)17-5-2-14(25-17)12-27-19-20-8-1-9-21-19/h1-2,5,8-9,13,15-16,22H,3-4,6-7,10-12H2,(H,23,24)/t15-,16+/m1/s1. The maximum atomic E-state index is 12.5. The van der Waals surface area contributed by atoms with Gasteiger partial charge in [-0.25, -0.2) is 9.97 Å². The minimum absolute atomic E-state index is 0.127. The summed E-state index contributed by atoms with van der Waals surface area (Å²) in [6.07, 6.45) is 8.04. The summed E-state index contributed by atoms with van der Waals surface area (Å²) >= 11 is 3.52. The van der Waals surface area contributed by atoms with Crippen LogP contribution < -0.4 is 10.6 Å². The number of carbonyl (C=O) groups excluding carboxylic acids is 1. The highest BCUT2D eigenvalue weighted by Gasteiger charge is 2.34. The van der Waals surface area contributed by atoms with Gasteiger partial charge in [-0.2, -0.15) is 11.8 Å². The predicted molar refractivity (Wildman–Crippen MR) is 108 cm³/mol. The van der Waals surface area contributed by atoms with E-state index in [0.717, 1.165) is 18.6 Å². The third-order valence-electron chi connectivity index (χ3n) is 5.03. The molecule has 6 nitrogen and oxygen atoms in total. The smallest absolute Gasteiger partial charge is 0.287 e. The van der Waals surface area contributed by atoms with Crippen LogP contribution in [0.2, 0.25) is 0 Å². The molecule has 2 atom stereocenters. The van der Waals surface area contributed by atoms with Crippen LogP contribution in [-0.2, 0) is 5.75 Å². The first kappa shape index (κ1) is 18.8. The van der Waals surface area contributed by atoms with Crippen LogP contribution in [0.15, 0.2) is 40.2 Å². The molecule has 1 aliphatic heterocycles. The van der Waals surface area contributed by atoms with E-state index in [1.165, 1.54) is 36.1 Å². The van der Waals surface area contributed by atoms with Crippen molar-refractivity contribution in [3.05, 3.63) is 42.1 Å². The molecule has 2 aromatic heterocycles. The molecular weight excluding hydrogens is 380 g/mol. The fourth-order valence-electron chi connectivity index (χ4n) is 3.35. The average Bonchev–Trinajstić information content (AvgIpc) is 3.18. The second-order valence-corrected chi connectivity index (χ2v) is 9.07. The van der Waals surface area contributed by atoms with E-state index in [2.05, 4.69) is 20.6 Å². The Bertz CT molecular complexity index is 749. The highest BCUT2D eigenvalue weighted by Crippen LogP contribution is 2.25. The minimum Gasteiger partial charge on any atom is -0.455 e. The van der Waals surface area contributed by atoms with Crippen molar-refractivity contribution in [1.82, 2.24) is 20.6 Å². The molecule has 1 saturated heterocycles. The SMILES string of the molecule is O=C(N[C@H]1CC[C@H]1NC1CCSCC1)c1ccc(CSc2ncccn2)o1. The van der Waals surface area contributed by atoms with Crippen LogP contribution >= 0.6 is 23.5 Å². The summed E-state index contributed by atoms with van der Waals surface area (Å²) in [6.45, 7) is 0. The quantitative estimate of drug-likeness (QED) is 0.542. The maximum Gasteiger partial charge on any atom is 0.287 e. The van der Waals surface area contributed by atoms with Crippen molar-refractivity contribution in [2.75, 3.05) is 11.5 Å². The second-order valence-electron chi connectivity index (χ2n) is 6.90. The van der Waals surface area contributed by atoms with Gasteiger partial charge >= 0.3 is 0 Å². The normalized spacial score (nSPS) is 23.0. The molecule has 0 bridgehead atoms. The molecular formula is C19H24N4O2S2. The summed E-state index contributed by atoms with van der Waals surface area (Å²) in [5, 5.41) is 7.56. The fourth-order valence-corrected chi connectivity index (χ4v) is 5.16. The predicted octanol–water partition coefficient (Wildman–Crippen LogP) is 3.11. The molecule has 144 valence electrons. The lowest BCUT2D eigenvalue weighted by molar-refractivity contribution is 0.0858. The Balaban J connectivity index is 1.25. The van der Waals surface area contributed by atoms with E-state index in [1.807, 2.05) is 17.8 Å². The summed E-state index contributed by atoms with van der Waals surface area (Å²) in [4.78, 5) is 20.9. The van der Waals surface area contributed by atoms with Crippen molar-refractivity contribution < 1.29 is 9.21 Å². The molecule has 2 aliphatic rings. The molecule has 0 spiro atoms. The number of hydrogen-bond donors (Lipinski definition) is 2. The topological polar surface area (TPSA) is 80.0 Å². The Labute approximate surface area is 167 Å². The Kier molecular flexibility index (Phi) is 6.36. The van der Waals surface area contributed by atoms with Crippen molar-refractivity contribution in [1.29, 1.82) is 0 Å². The number of carbonyl (C=O) groups is 1. The van der Waals surface area contributed by atoms with E-state index in [-0.39, 0.29) is 11.9 Å². The second kappa shape index (κ2) is 9.12. The third-order valence-corrected chi connectivity index (χ3v) is 6.98. The molecule has 27 heavy (non-hydrogen) atoms. The number of nitrogens with one attached hydrogen (secondary N) is 2. The van der Waals surface area contributed by atoms with Gasteiger partial charge in [0.25, 0.3) is 5.91 Å². The van der Waals surface area contributed by atoms with Gasteiger partial charge in [0.2, 0.25) is 0 Å². The molecule has 8 heteroatoms. The van der Waals surface area contributed by atoms with Crippen molar-refractivity contribution in [3.8, 4) is 0 Å². The highest BCUT2D eigenvalue weighted by atomic mass is 32.2. The monoisotopic (exact) mass is 404 g/mol. The molecule has 4 rings (SSSR count). The van der Waals surface area contributed by atoms with Gasteiger partial charge in [-0.1, -0.05) is 11.8 Å². The largest absolute Gasteiger partial charge is 0.455 e. The summed E-state index contributed by atoms with van der Waals surface area (Å²) in [5.41, 5.74) is 0. The first-order valence-electron chi connectivity index (χ1n) is 9.41. The van der Waals surface area contributed by atoms with Gasteiger partial charge < -0.3 is 15.1 Å². The number of hydrogen-bond acceptors (Lipinski definition) is 7. The Morgan fingerprint density at radius 2 is 1.93 bits per heavy atom. The first-order chi connectivity index (χ1) is 13.3. The van der Waals surface area contributed by atoms with E-state index in [1.54, 1.807) is 24.5 Å². The summed E-state index contributed by atoms with van der Waals surface area (Å²) in [6, 6.07) is 6.57. The summed E-state index contributed by atoms with van der Waals surface area (Å²) in [7, 11) is 0. The summed E-state index contributed by atoms with van der Waals surface area (Å²) in [5.74, 6) is 4.08. The zero-order chi connectivity index (χ0) is 18.5. The Hall–Kier alpha value is -1.51. The van der Waals surface area contributed by atoms with Crippen LogP contribution in [0.5, 0.6) is 0 Å². The number of nitrogens with zero attached hydrogens (tertiary/aromatic N) is 2. The average molecular weight is 405 g/mol. The number of amides is 1. The molecule has 1 aliphatic carbocycles. The van der Waals surface area contributed by atoms with E-state index in [9.17, 15) is 4.79 Å². The van der Waals surface area contributed by atoms with Crippen molar-refractivity contribution >= 4 is 29.4 Å². The first-order valence-corrected chi connectivity index (χ1v) is 11.5. The zero-order valence-corrected chi connectivity index (χ0v) is 16.7. The zero-order valence-electron chi connectivity index (χ0n) is 15.1. The van der Waals surface area contributed by atoms with E-state index >= 15 is 0 Å². The van der Waals surface area contributed by atoms with Crippen molar-refractivity contribution in [2.24, 2.45) is 0 Å². The minimum atomic E-state index is -0.127. The van der Waals surface area contributed by atoms with Crippen LogP contribution in [0.1, 0.15) is 42.0 Å². The van der Waals surface area contributed by atoms with Gasteiger partial charge in [-0.05, 0) is 55.4 Å². The van der Waals surface area contributed by atoms with Crippen LogP contribution in [0.25, 0.3) is 0 Å². The lowest BCUT2D eigenvalue weighted by Gasteiger charge is -2.40. The van der Waals surface area contributed by atoms with Crippen molar-refractivity contribution in [2.45, 2.75) is 54.7 Å². The number of aromatic nitrogens is 2. The van der Waals surface area contributed by atoms with E-state index in [4.69, 9.17) is 4.42 Å². The number of thioether (sulfide) groups is 2. The Morgan fingerprint density at radius 1 is 1.15 bits per heavy atom. The summed E-state index contributed by atoms with van der Waals surface area (Å²) < 4.78 is 5.71. The van der Waals surface area contributed by atoms with Gasteiger partial charge in [-0.15, -0.1) is 0 Å². The van der Waals surface area contributed by atoms with Crippen molar-refractivity contribution in [3.63, 3.8) is 0 Å². The molecule has 2 N–H and O–H groups in total. The van der Waals surface area contributed by atoms with Gasteiger partial charge in [0.15, 0.2) is 10.9 Å². The molecule has 1 amide bonds. The van der Waals surface area contributed by atoms with Crippen LogP contribution in [0, 0.1) is 0 Å². The molecule has 0 radical (unpaired) electrons. The highest BCUT2D eigenvalue weighted by molar-refractivity contribution is 7.99. The molecule has 0 unspecified atom stereocenters. The van der Waals surface area contributed by atoms with E-state index in [0.29, 0.717) is 28.8 Å². The molecule has 2 aromatic rings.